The first kappa shape index (κ1) is 20.0. The molecular weight excluding hydrogens is 354 g/mol. The van der Waals surface area contributed by atoms with Crippen molar-refractivity contribution in [2.24, 2.45) is 0 Å². The molecule has 1 unspecified atom stereocenters. The van der Waals surface area contributed by atoms with Gasteiger partial charge in [0.05, 0.1) is 17.1 Å². The minimum Gasteiger partial charge on any atom is -0.491 e. The van der Waals surface area contributed by atoms with E-state index in [4.69, 9.17) is 9.47 Å². The van der Waals surface area contributed by atoms with Crippen LogP contribution in [-0.4, -0.2) is 40.8 Å². The molecule has 0 spiro atoms. The number of esters is 1. The van der Waals surface area contributed by atoms with Gasteiger partial charge in [0.1, 0.15) is 12.3 Å². The molecule has 1 aliphatic rings. The molecule has 1 atom stereocenters. The van der Waals surface area contributed by atoms with E-state index in [-0.39, 0.29) is 23.7 Å². The van der Waals surface area contributed by atoms with Gasteiger partial charge in [0, 0.05) is 0 Å². The second kappa shape index (κ2) is 8.89. The summed E-state index contributed by atoms with van der Waals surface area (Å²) in [5, 5.41) is -0.473. The maximum absolute atomic E-state index is 12.4. The van der Waals surface area contributed by atoms with Crippen LogP contribution in [0.3, 0.4) is 0 Å². The van der Waals surface area contributed by atoms with Crippen LogP contribution in [0.5, 0.6) is 5.75 Å². The Morgan fingerprint density at radius 3 is 2.42 bits per heavy atom. The van der Waals surface area contributed by atoms with Gasteiger partial charge in [-0.25, -0.2) is 0 Å². The predicted molar refractivity (Wildman–Crippen MR) is 101 cm³/mol. The van der Waals surface area contributed by atoms with E-state index in [1.165, 1.54) is 0 Å². The predicted octanol–water partition coefficient (Wildman–Crippen LogP) is 3.85. The van der Waals surface area contributed by atoms with Crippen LogP contribution in [0.1, 0.15) is 39.7 Å². The maximum atomic E-state index is 12.4. The van der Waals surface area contributed by atoms with Crippen molar-refractivity contribution in [1.82, 2.24) is 4.90 Å². The molecular formula is C19H23NO5S. The molecule has 1 saturated heterocycles. The van der Waals surface area contributed by atoms with Crippen LogP contribution in [0.15, 0.2) is 29.2 Å². The topological polar surface area (TPSA) is 72.9 Å². The summed E-state index contributed by atoms with van der Waals surface area (Å²) >= 11 is 0.815. The van der Waals surface area contributed by atoms with Crippen LogP contribution in [0.4, 0.5) is 4.79 Å². The highest BCUT2D eigenvalue weighted by molar-refractivity contribution is 8.18. The summed E-state index contributed by atoms with van der Waals surface area (Å²) in [6.07, 6.45) is 2.37. The SMILES string of the molecule is CCC(C)Oc1ccc(/C=C2\SC(=O)N(CC(=O)OC(C)C)C2=O)cc1. The fourth-order valence-electron chi connectivity index (χ4n) is 2.18. The molecule has 26 heavy (non-hydrogen) atoms. The fraction of sp³-hybridized carbons (Fsp3) is 0.421. The lowest BCUT2D eigenvalue weighted by atomic mass is 10.2. The van der Waals surface area contributed by atoms with E-state index in [0.29, 0.717) is 0 Å². The zero-order chi connectivity index (χ0) is 19.3. The number of carbonyl (C=O) groups is 3. The van der Waals surface area contributed by atoms with Gasteiger partial charge < -0.3 is 9.47 Å². The number of ether oxygens (including phenoxy) is 2. The molecule has 0 radical (unpaired) electrons. The maximum Gasteiger partial charge on any atom is 0.326 e. The van der Waals surface area contributed by atoms with Gasteiger partial charge in [-0.1, -0.05) is 19.1 Å². The monoisotopic (exact) mass is 377 g/mol. The first-order valence-corrected chi connectivity index (χ1v) is 9.33. The van der Waals surface area contributed by atoms with Gasteiger partial charge in [-0.3, -0.25) is 19.3 Å². The Labute approximate surface area is 157 Å². The second-order valence-electron chi connectivity index (χ2n) is 6.21. The lowest BCUT2D eigenvalue weighted by Gasteiger charge is -2.13. The number of nitrogens with zero attached hydrogens (tertiary/aromatic N) is 1. The lowest BCUT2D eigenvalue weighted by Crippen LogP contribution is -2.35. The summed E-state index contributed by atoms with van der Waals surface area (Å²) in [6.45, 7) is 7.09. The van der Waals surface area contributed by atoms with Crippen molar-refractivity contribution < 1.29 is 23.9 Å². The van der Waals surface area contributed by atoms with Gasteiger partial charge >= 0.3 is 5.97 Å². The highest BCUT2D eigenvalue weighted by Crippen LogP contribution is 2.32. The minimum atomic E-state index is -0.602. The molecule has 7 heteroatoms. The Kier molecular flexibility index (Phi) is 6.85. The van der Waals surface area contributed by atoms with Crippen molar-refractivity contribution in [1.29, 1.82) is 0 Å². The van der Waals surface area contributed by atoms with E-state index in [1.807, 2.05) is 38.1 Å². The smallest absolute Gasteiger partial charge is 0.326 e. The number of benzene rings is 1. The third kappa shape index (κ3) is 5.36. The first-order chi connectivity index (χ1) is 12.3. The number of carbonyl (C=O) groups excluding carboxylic acids is 3. The van der Waals surface area contributed by atoms with Gasteiger partial charge in [-0.2, -0.15) is 0 Å². The normalized spacial score (nSPS) is 17.1. The molecule has 0 N–H and O–H groups in total. The Morgan fingerprint density at radius 2 is 1.85 bits per heavy atom. The largest absolute Gasteiger partial charge is 0.491 e. The van der Waals surface area contributed by atoms with Gasteiger partial charge in [0.15, 0.2) is 0 Å². The van der Waals surface area contributed by atoms with Crippen LogP contribution in [0, 0.1) is 0 Å². The Hall–Kier alpha value is -2.28. The Balaban J connectivity index is 2.06. The van der Waals surface area contributed by atoms with E-state index in [2.05, 4.69) is 0 Å². The highest BCUT2D eigenvalue weighted by Gasteiger charge is 2.36. The van der Waals surface area contributed by atoms with Gasteiger partial charge in [0.25, 0.3) is 11.1 Å². The van der Waals surface area contributed by atoms with Crippen molar-refractivity contribution in [3.63, 3.8) is 0 Å². The zero-order valence-corrected chi connectivity index (χ0v) is 16.2. The van der Waals surface area contributed by atoms with Crippen LogP contribution < -0.4 is 4.74 Å². The van der Waals surface area contributed by atoms with Crippen LogP contribution in [-0.2, 0) is 14.3 Å². The molecule has 0 bridgehead atoms. The molecule has 1 heterocycles. The average molecular weight is 377 g/mol. The molecule has 140 valence electrons. The number of rotatable bonds is 7. The van der Waals surface area contributed by atoms with Crippen molar-refractivity contribution in [2.45, 2.75) is 46.3 Å². The number of amides is 2. The fourth-order valence-corrected chi connectivity index (χ4v) is 3.01. The summed E-state index contributed by atoms with van der Waals surface area (Å²) in [6, 6.07) is 7.28. The molecule has 1 aromatic carbocycles. The van der Waals surface area contributed by atoms with E-state index in [9.17, 15) is 14.4 Å². The van der Waals surface area contributed by atoms with Gasteiger partial charge in [-0.15, -0.1) is 0 Å². The number of thioether (sulfide) groups is 1. The van der Waals surface area contributed by atoms with E-state index in [1.54, 1.807) is 19.9 Å². The molecule has 2 amide bonds. The number of hydrogen-bond donors (Lipinski definition) is 0. The van der Waals surface area contributed by atoms with Crippen molar-refractivity contribution >= 4 is 35.0 Å². The van der Waals surface area contributed by atoms with Crippen LogP contribution in [0.25, 0.3) is 6.08 Å². The van der Waals surface area contributed by atoms with Crippen LogP contribution >= 0.6 is 11.8 Å². The zero-order valence-electron chi connectivity index (χ0n) is 15.4. The molecule has 1 aliphatic heterocycles. The molecule has 1 aromatic rings. The minimum absolute atomic E-state index is 0.128. The van der Waals surface area contributed by atoms with E-state index >= 15 is 0 Å². The molecule has 6 nitrogen and oxygen atoms in total. The molecule has 0 saturated carbocycles. The summed E-state index contributed by atoms with van der Waals surface area (Å²) in [5.74, 6) is -0.336. The number of hydrogen-bond acceptors (Lipinski definition) is 6. The third-order valence-electron chi connectivity index (χ3n) is 3.62. The number of imide groups is 1. The highest BCUT2D eigenvalue weighted by atomic mass is 32.2. The quantitative estimate of drug-likeness (QED) is 0.531. The Morgan fingerprint density at radius 1 is 1.19 bits per heavy atom. The molecule has 2 rings (SSSR count). The van der Waals surface area contributed by atoms with E-state index < -0.39 is 17.1 Å². The summed E-state index contributed by atoms with van der Waals surface area (Å²) < 4.78 is 10.7. The standard InChI is InChI=1S/C19H23NO5S/c1-5-13(4)25-15-8-6-14(7-9-15)10-16-18(22)20(19(23)26-16)11-17(21)24-12(2)3/h6-10,12-13H,5,11H2,1-4H3/b16-10-. The average Bonchev–Trinajstić information content (AvgIpc) is 2.83. The summed E-state index contributed by atoms with van der Waals surface area (Å²) in [5.41, 5.74) is 0.775. The van der Waals surface area contributed by atoms with Crippen LogP contribution in [0.2, 0.25) is 0 Å². The summed E-state index contributed by atoms with van der Waals surface area (Å²) in [4.78, 5) is 37.3. The second-order valence-corrected chi connectivity index (χ2v) is 7.21. The van der Waals surface area contributed by atoms with Crippen molar-refractivity contribution in [3.05, 3.63) is 34.7 Å². The van der Waals surface area contributed by atoms with Crippen molar-refractivity contribution in [3.8, 4) is 5.75 Å². The Bertz CT molecular complexity index is 711. The van der Waals surface area contributed by atoms with Gasteiger partial charge in [-0.05, 0) is 62.7 Å². The first-order valence-electron chi connectivity index (χ1n) is 8.51. The third-order valence-corrected chi connectivity index (χ3v) is 4.53. The summed E-state index contributed by atoms with van der Waals surface area (Å²) in [7, 11) is 0. The van der Waals surface area contributed by atoms with Crippen molar-refractivity contribution in [2.75, 3.05) is 6.54 Å². The molecule has 0 aromatic heterocycles. The molecule has 0 aliphatic carbocycles. The van der Waals surface area contributed by atoms with E-state index in [0.717, 1.165) is 34.4 Å². The van der Waals surface area contributed by atoms with Gasteiger partial charge in [0.2, 0.25) is 0 Å². The molecule has 1 fully saturated rings. The lowest BCUT2D eigenvalue weighted by molar-refractivity contribution is -0.149.